The smallest absolute Gasteiger partial charge is 0.407 e. The molecule has 2 heterocycles. The van der Waals surface area contributed by atoms with Gasteiger partial charge in [0.25, 0.3) is 5.91 Å². The summed E-state index contributed by atoms with van der Waals surface area (Å²) >= 11 is 1.46. The number of ether oxygens (including phenoxy) is 1. The molecular weight excluding hydrogens is 288 g/mol. The lowest BCUT2D eigenvalue weighted by Gasteiger charge is -2.20. The zero-order valence-electron chi connectivity index (χ0n) is 12.7. The molecule has 1 aromatic heterocycles. The Morgan fingerprint density at radius 1 is 1.48 bits per heavy atom. The minimum absolute atomic E-state index is 0.0877. The van der Waals surface area contributed by atoms with Gasteiger partial charge in [0.05, 0.1) is 4.88 Å². The number of alkyl carbamates (subject to hydrolysis) is 1. The molecule has 1 aliphatic rings. The zero-order valence-corrected chi connectivity index (χ0v) is 13.5. The van der Waals surface area contributed by atoms with Gasteiger partial charge in [-0.05, 0) is 44.6 Å². The highest BCUT2D eigenvalue weighted by Crippen LogP contribution is 2.20. The molecular formula is C15H22N2O3S. The predicted molar refractivity (Wildman–Crippen MR) is 82.6 cm³/mol. The van der Waals surface area contributed by atoms with Crippen molar-refractivity contribution in [1.29, 1.82) is 0 Å². The summed E-state index contributed by atoms with van der Waals surface area (Å²) in [6.07, 6.45) is 0.512. The summed E-state index contributed by atoms with van der Waals surface area (Å²) in [5.74, 6) is 0.381. The van der Waals surface area contributed by atoms with Gasteiger partial charge in [-0.2, -0.15) is 0 Å². The van der Waals surface area contributed by atoms with Crippen LogP contribution in [0, 0.1) is 5.92 Å². The van der Waals surface area contributed by atoms with Crippen molar-refractivity contribution >= 4 is 23.3 Å². The van der Waals surface area contributed by atoms with Crippen LogP contribution in [0.1, 0.15) is 36.9 Å². The maximum atomic E-state index is 12.2. The third-order valence-electron chi connectivity index (χ3n) is 3.24. The molecule has 116 valence electrons. The van der Waals surface area contributed by atoms with E-state index in [-0.39, 0.29) is 5.91 Å². The molecule has 0 bridgehead atoms. The summed E-state index contributed by atoms with van der Waals surface area (Å²) in [5, 5.41) is 4.69. The molecule has 1 saturated heterocycles. The second-order valence-electron chi connectivity index (χ2n) is 6.27. The monoisotopic (exact) mass is 310 g/mol. The highest BCUT2D eigenvalue weighted by molar-refractivity contribution is 7.12. The van der Waals surface area contributed by atoms with Gasteiger partial charge in [0.15, 0.2) is 0 Å². The number of carbonyl (C=O) groups is 2. The van der Waals surface area contributed by atoms with E-state index < -0.39 is 11.7 Å². The van der Waals surface area contributed by atoms with Crippen molar-refractivity contribution in [1.82, 2.24) is 10.2 Å². The van der Waals surface area contributed by atoms with Crippen LogP contribution in [-0.4, -0.2) is 42.1 Å². The largest absolute Gasteiger partial charge is 0.444 e. The molecule has 2 rings (SSSR count). The van der Waals surface area contributed by atoms with Crippen LogP contribution in [0.3, 0.4) is 0 Å². The minimum Gasteiger partial charge on any atom is -0.444 e. The number of carbonyl (C=O) groups excluding carboxylic acids is 2. The van der Waals surface area contributed by atoms with E-state index in [0.29, 0.717) is 19.0 Å². The van der Waals surface area contributed by atoms with E-state index in [0.717, 1.165) is 17.8 Å². The normalized spacial score (nSPS) is 18.6. The Morgan fingerprint density at radius 2 is 2.24 bits per heavy atom. The number of nitrogens with zero attached hydrogens (tertiary/aromatic N) is 1. The van der Waals surface area contributed by atoms with Crippen molar-refractivity contribution < 1.29 is 14.3 Å². The van der Waals surface area contributed by atoms with Crippen LogP contribution in [-0.2, 0) is 4.74 Å². The van der Waals surface area contributed by atoms with Gasteiger partial charge < -0.3 is 15.0 Å². The molecule has 0 spiro atoms. The van der Waals surface area contributed by atoms with Crippen LogP contribution >= 0.6 is 11.3 Å². The summed E-state index contributed by atoms with van der Waals surface area (Å²) in [4.78, 5) is 26.4. The Kier molecular flexibility index (Phi) is 4.88. The van der Waals surface area contributed by atoms with Gasteiger partial charge in [-0.3, -0.25) is 4.79 Å². The van der Waals surface area contributed by atoms with Crippen LogP contribution in [0.5, 0.6) is 0 Å². The van der Waals surface area contributed by atoms with Gasteiger partial charge in [0, 0.05) is 19.6 Å². The Bertz CT molecular complexity index is 494. The topological polar surface area (TPSA) is 58.6 Å². The summed E-state index contributed by atoms with van der Waals surface area (Å²) in [5.41, 5.74) is -0.485. The van der Waals surface area contributed by atoms with Gasteiger partial charge in [0.1, 0.15) is 5.60 Å². The van der Waals surface area contributed by atoms with Gasteiger partial charge in [0.2, 0.25) is 0 Å². The summed E-state index contributed by atoms with van der Waals surface area (Å²) in [6, 6.07) is 3.73. The van der Waals surface area contributed by atoms with E-state index in [2.05, 4.69) is 5.32 Å². The standard InChI is InChI=1S/C15H22N2O3S/c1-15(2,3)20-14(19)16-9-11-6-7-17(10-11)13(18)12-5-4-8-21-12/h4-5,8,11H,6-7,9-10H2,1-3H3,(H,16,19)/t11-/m1/s1. The van der Waals surface area contributed by atoms with Crippen molar-refractivity contribution in [3.8, 4) is 0 Å². The van der Waals surface area contributed by atoms with Crippen molar-refractivity contribution in [2.75, 3.05) is 19.6 Å². The van der Waals surface area contributed by atoms with E-state index in [1.165, 1.54) is 11.3 Å². The first-order valence-electron chi connectivity index (χ1n) is 7.15. The third kappa shape index (κ3) is 4.74. The molecule has 0 unspecified atom stereocenters. The average Bonchev–Trinajstić information content (AvgIpc) is 3.05. The van der Waals surface area contributed by atoms with Crippen LogP contribution in [0.15, 0.2) is 17.5 Å². The number of rotatable bonds is 3. The molecule has 0 aliphatic carbocycles. The summed E-state index contributed by atoms with van der Waals surface area (Å²) in [7, 11) is 0. The van der Waals surface area contributed by atoms with E-state index in [9.17, 15) is 9.59 Å². The first-order valence-corrected chi connectivity index (χ1v) is 8.03. The zero-order chi connectivity index (χ0) is 15.5. The fourth-order valence-electron chi connectivity index (χ4n) is 2.28. The molecule has 0 saturated carbocycles. The lowest BCUT2D eigenvalue weighted by Crippen LogP contribution is -2.36. The summed E-state index contributed by atoms with van der Waals surface area (Å²) < 4.78 is 5.20. The molecule has 6 heteroatoms. The Labute approximate surface area is 129 Å². The maximum absolute atomic E-state index is 12.2. The predicted octanol–water partition coefficient (Wildman–Crippen LogP) is 2.73. The van der Waals surface area contributed by atoms with Gasteiger partial charge in [-0.15, -0.1) is 11.3 Å². The van der Waals surface area contributed by atoms with Crippen molar-refractivity contribution in [3.05, 3.63) is 22.4 Å². The molecule has 0 aromatic carbocycles. The lowest BCUT2D eigenvalue weighted by atomic mass is 10.1. The van der Waals surface area contributed by atoms with Crippen LogP contribution < -0.4 is 5.32 Å². The average molecular weight is 310 g/mol. The molecule has 1 atom stereocenters. The molecule has 5 nitrogen and oxygen atoms in total. The number of nitrogens with one attached hydrogen (secondary N) is 1. The van der Waals surface area contributed by atoms with Gasteiger partial charge in [-0.1, -0.05) is 6.07 Å². The minimum atomic E-state index is -0.485. The fraction of sp³-hybridized carbons (Fsp3) is 0.600. The first-order chi connectivity index (χ1) is 9.85. The molecule has 0 radical (unpaired) electrons. The summed E-state index contributed by atoms with van der Waals surface area (Å²) in [6.45, 7) is 7.49. The Hall–Kier alpha value is -1.56. The first kappa shape index (κ1) is 15.8. The third-order valence-corrected chi connectivity index (χ3v) is 4.10. The molecule has 1 aliphatic heterocycles. The van der Waals surface area contributed by atoms with Crippen LogP contribution in [0.2, 0.25) is 0 Å². The van der Waals surface area contributed by atoms with Crippen molar-refractivity contribution in [2.45, 2.75) is 32.8 Å². The van der Waals surface area contributed by atoms with E-state index >= 15 is 0 Å². The molecule has 2 amide bonds. The highest BCUT2D eigenvalue weighted by atomic mass is 32.1. The van der Waals surface area contributed by atoms with Crippen LogP contribution in [0.4, 0.5) is 4.79 Å². The van der Waals surface area contributed by atoms with Gasteiger partial charge in [-0.25, -0.2) is 4.79 Å². The van der Waals surface area contributed by atoms with Crippen molar-refractivity contribution in [3.63, 3.8) is 0 Å². The fourth-order valence-corrected chi connectivity index (χ4v) is 2.97. The molecule has 1 fully saturated rings. The molecule has 21 heavy (non-hydrogen) atoms. The number of hydrogen-bond acceptors (Lipinski definition) is 4. The number of thiophene rings is 1. The maximum Gasteiger partial charge on any atom is 0.407 e. The molecule has 1 N–H and O–H groups in total. The van der Waals surface area contributed by atoms with Crippen molar-refractivity contribution in [2.24, 2.45) is 5.92 Å². The van der Waals surface area contributed by atoms with E-state index in [1.54, 1.807) is 0 Å². The van der Waals surface area contributed by atoms with Crippen LogP contribution in [0.25, 0.3) is 0 Å². The Morgan fingerprint density at radius 3 is 2.86 bits per heavy atom. The lowest BCUT2D eigenvalue weighted by molar-refractivity contribution is 0.0520. The number of hydrogen-bond donors (Lipinski definition) is 1. The molecule has 1 aromatic rings. The van der Waals surface area contributed by atoms with E-state index in [4.69, 9.17) is 4.74 Å². The quantitative estimate of drug-likeness (QED) is 0.934. The highest BCUT2D eigenvalue weighted by Gasteiger charge is 2.28. The van der Waals surface area contributed by atoms with E-state index in [1.807, 2.05) is 43.2 Å². The Balaban J connectivity index is 1.76. The SMILES string of the molecule is CC(C)(C)OC(=O)NC[C@H]1CCN(C(=O)c2cccs2)C1. The number of amides is 2. The second kappa shape index (κ2) is 6.47. The second-order valence-corrected chi connectivity index (χ2v) is 7.21. The van der Waals surface area contributed by atoms with Gasteiger partial charge >= 0.3 is 6.09 Å². The number of likely N-dealkylation sites (tertiary alicyclic amines) is 1.